The van der Waals surface area contributed by atoms with E-state index in [2.05, 4.69) is 40.8 Å². The van der Waals surface area contributed by atoms with Gasteiger partial charge < -0.3 is 20.8 Å². The van der Waals surface area contributed by atoms with E-state index in [9.17, 15) is 14.4 Å². The lowest BCUT2D eigenvalue weighted by atomic mass is 9.85. The van der Waals surface area contributed by atoms with Crippen LogP contribution in [0.25, 0.3) is 0 Å². The number of carbonyl (C=O) groups is 4. The summed E-state index contributed by atoms with van der Waals surface area (Å²) in [4.78, 5) is 42.0. The van der Waals surface area contributed by atoms with Crippen molar-refractivity contribution in [2.45, 2.75) is 77.8 Å². The fourth-order valence-corrected chi connectivity index (χ4v) is 4.77. The molecule has 216 valence electrons. The number of nitrogens with one attached hydrogen (secondary N) is 3. The summed E-state index contributed by atoms with van der Waals surface area (Å²) in [5.74, 6) is 0.847. The van der Waals surface area contributed by atoms with E-state index in [0.717, 1.165) is 26.1 Å². The Morgan fingerprint density at radius 1 is 1.16 bits per heavy atom. The van der Waals surface area contributed by atoms with Crippen molar-refractivity contribution in [2.24, 2.45) is 5.41 Å². The number of likely N-dealkylation sites (tertiary alicyclic amines) is 1. The predicted octanol–water partition coefficient (Wildman–Crippen LogP) is 4.08. The third-order valence-corrected chi connectivity index (χ3v) is 6.98. The Labute approximate surface area is 229 Å². The molecular formula is C27H47N4O6P. The highest BCUT2D eigenvalue weighted by molar-refractivity contribution is 7.36. The van der Waals surface area contributed by atoms with Crippen LogP contribution in [-0.2, 0) is 20.9 Å². The monoisotopic (exact) mass is 554 g/mol. The highest BCUT2D eigenvalue weighted by Gasteiger charge is 2.27. The van der Waals surface area contributed by atoms with E-state index in [-0.39, 0.29) is 23.7 Å². The number of rotatable bonds is 8. The molecule has 3 atom stereocenters. The number of carbonyl (C=O) groups excluding carboxylic acids is 2. The van der Waals surface area contributed by atoms with Gasteiger partial charge in [-0.3, -0.25) is 24.4 Å². The van der Waals surface area contributed by atoms with E-state index in [1.165, 1.54) is 39.2 Å². The highest BCUT2D eigenvalue weighted by atomic mass is 31.1. The first-order valence-electron chi connectivity index (χ1n) is 12.5. The Hall–Kier alpha value is -2.81. The van der Waals surface area contributed by atoms with Crippen LogP contribution in [0.1, 0.15) is 58.9 Å². The summed E-state index contributed by atoms with van der Waals surface area (Å²) < 4.78 is 0. The molecule has 3 unspecified atom stereocenters. The molecule has 1 aliphatic carbocycles. The highest BCUT2D eigenvalue weighted by Crippen LogP contribution is 2.32. The van der Waals surface area contributed by atoms with E-state index < -0.39 is 6.09 Å². The van der Waals surface area contributed by atoms with Gasteiger partial charge in [-0.25, -0.2) is 4.79 Å². The molecule has 11 heteroatoms. The SMILES string of the molecule is C=C.CC(=O)C(NC=O)C(C)(C)C.CN1CCCC1PNC1CC1.O=C(O)NCc1ccccc1.O=CO. The van der Waals surface area contributed by atoms with Gasteiger partial charge in [-0.05, 0) is 65.9 Å². The lowest BCUT2D eigenvalue weighted by Gasteiger charge is -2.27. The topological polar surface area (TPSA) is 148 Å². The Balaban J connectivity index is 0. The van der Waals surface area contributed by atoms with Crippen LogP contribution in [-0.4, -0.2) is 71.3 Å². The number of hydrogen-bond acceptors (Lipinski definition) is 6. The number of benzene rings is 1. The molecule has 0 spiro atoms. The molecular weight excluding hydrogens is 507 g/mol. The zero-order valence-electron chi connectivity index (χ0n) is 23.4. The van der Waals surface area contributed by atoms with E-state index in [4.69, 9.17) is 15.0 Å². The first-order chi connectivity index (χ1) is 18.0. The van der Waals surface area contributed by atoms with Gasteiger partial charge in [-0.2, -0.15) is 0 Å². The van der Waals surface area contributed by atoms with Crippen LogP contribution in [0.4, 0.5) is 4.79 Å². The van der Waals surface area contributed by atoms with Gasteiger partial charge in [0.15, 0.2) is 5.78 Å². The standard InChI is InChI=1S/C8H17N2P.C8H9NO2.C8H15NO2.C2H4.CH2O2/c1-10-6-2-3-8(10)11-9-7-4-5-7;10-8(11)9-6-7-4-2-1-3-5-7;1-6(11)7(9-5-10)8(2,3)4;1-2;2-1-3/h7-9,11H,2-6H2,1H3;1-5,9H,6H2,(H,10,11);5,7H,1-4H3,(H,9,10);1-2H2;1H,(H,2,3). The van der Waals surface area contributed by atoms with E-state index >= 15 is 0 Å². The molecule has 1 heterocycles. The Kier molecular flexibility index (Phi) is 21.8. The quantitative estimate of drug-likeness (QED) is 0.183. The normalized spacial score (nSPS) is 16.9. The number of nitrogens with zero attached hydrogens (tertiary/aromatic N) is 1. The molecule has 1 aromatic rings. The zero-order chi connectivity index (χ0) is 29.6. The number of Topliss-reactive ketones (excluding diaryl/α,β-unsaturated/α-hetero) is 1. The van der Waals surface area contributed by atoms with Crippen LogP contribution in [0.5, 0.6) is 0 Å². The number of ketones is 1. The minimum absolute atomic E-state index is 0.00963. The second-order valence-corrected chi connectivity index (χ2v) is 10.9. The number of hydrogen-bond donors (Lipinski definition) is 5. The predicted molar refractivity (Wildman–Crippen MR) is 155 cm³/mol. The zero-order valence-corrected chi connectivity index (χ0v) is 24.4. The molecule has 2 amide bonds. The van der Waals surface area contributed by atoms with Crippen molar-refractivity contribution in [1.29, 1.82) is 0 Å². The van der Waals surface area contributed by atoms with Gasteiger partial charge in [-0.15, -0.1) is 13.2 Å². The Morgan fingerprint density at radius 2 is 1.71 bits per heavy atom. The van der Waals surface area contributed by atoms with Crippen molar-refractivity contribution in [3.63, 3.8) is 0 Å². The van der Waals surface area contributed by atoms with Crippen molar-refractivity contribution in [3.05, 3.63) is 49.1 Å². The average molecular weight is 555 g/mol. The average Bonchev–Trinajstić information content (AvgIpc) is 3.61. The summed E-state index contributed by atoms with van der Waals surface area (Å²) >= 11 is 0. The van der Waals surface area contributed by atoms with Gasteiger partial charge in [0.05, 0.1) is 6.04 Å². The molecule has 10 nitrogen and oxygen atoms in total. The van der Waals surface area contributed by atoms with Gasteiger partial charge in [0.1, 0.15) is 0 Å². The fourth-order valence-electron chi connectivity index (χ4n) is 3.35. The summed E-state index contributed by atoms with van der Waals surface area (Å²) in [7, 11) is 3.23. The first-order valence-corrected chi connectivity index (χ1v) is 13.5. The molecule has 1 aromatic carbocycles. The molecule has 1 aliphatic heterocycles. The van der Waals surface area contributed by atoms with Gasteiger partial charge >= 0.3 is 6.09 Å². The first kappa shape index (κ1) is 37.3. The third-order valence-electron chi connectivity index (χ3n) is 5.35. The summed E-state index contributed by atoms with van der Waals surface area (Å²) in [6.45, 7) is 14.6. The molecule has 3 rings (SSSR count). The molecule has 0 radical (unpaired) electrons. The molecule has 2 aliphatic rings. The minimum atomic E-state index is -0.992. The molecule has 0 bridgehead atoms. The molecule has 0 aromatic heterocycles. The maximum absolute atomic E-state index is 11.0. The van der Waals surface area contributed by atoms with Crippen LogP contribution in [0.2, 0.25) is 0 Å². The lowest BCUT2D eigenvalue weighted by molar-refractivity contribution is -0.124. The van der Waals surface area contributed by atoms with Crippen molar-refractivity contribution in [3.8, 4) is 0 Å². The van der Waals surface area contributed by atoms with Crippen molar-refractivity contribution in [2.75, 3.05) is 13.6 Å². The lowest BCUT2D eigenvalue weighted by Crippen LogP contribution is -2.44. The Morgan fingerprint density at radius 3 is 2.05 bits per heavy atom. The van der Waals surface area contributed by atoms with Crippen molar-refractivity contribution >= 4 is 33.5 Å². The second kappa shape index (κ2) is 22.2. The van der Waals surface area contributed by atoms with Crippen molar-refractivity contribution < 1.29 is 29.4 Å². The molecule has 1 saturated heterocycles. The molecule has 1 saturated carbocycles. The number of carboxylic acid groups (broad SMARTS) is 2. The van der Waals surface area contributed by atoms with Crippen molar-refractivity contribution in [1.82, 2.24) is 20.6 Å². The van der Waals surface area contributed by atoms with Gasteiger partial charge in [0.2, 0.25) is 6.41 Å². The van der Waals surface area contributed by atoms with Crippen LogP contribution in [0, 0.1) is 5.41 Å². The largest absolute Gasteiger partial charge is 0.483 e. The summed E-state index contributed by atoms with van der Waals surface area (Å²) in [6.07, 6.45) is 5.23. The van der Waals surface area contributed by atoms with Gasteiger partial charge in [0, 0.05) is 18.4 Å². The Bertz CT molecular complexity index is 788. The van der Waals surface area contributed by atoms with Gasteiger partial charge in [0.25, 0.3) is 6.47 Å². The molecule has 38 heavy (non-hydrogen) atoms. The van der Waals surface area contributed by atoms with Crippen LogP contribution >= 0.6 is 8.73 Å². The van der Waals surface area contributed by atoms with Crippen LogP contribution < -0.4 is 15.7 Å². The second-order valence-electron chi connectivity index (χ2n) is 9.65. The van der Waals surface area contributed by atoms with E-state index in [0.29, 0.717) is 13.0 Å². The minimum Gasteiger partial charge on any atom is -0.483 e. The summed E-state index contributed by atoms with van der Waals surface area (Å²) in [5, 5.41) is 23.5. The fraction of sp³-hybridized carbons (Fsp3) is 0.556. The van der Waals surface area contributed by atoms with Gasteiger partial charge in [-0.1, -0.05) is 51.1 Å². The summed E-state index contributed by atoms with van der Waals surface area (Å²) in [5.41, 5.74) is 0.766. The van der Waals surface area contributed by atoms with E-state index in [1.807, 2.05) is 51.1 Å². The molecule has 2 fully saturated rings. The van der Waals surface area contributed by atoms with Crippen LogP contribution in [0.15, 0.2) is 43.5 Å². The maximum atomic E-state index is 11.0. The van der Waals surface area contributed by atoms with E-state index in [1.54, 1.807) is 0 Å². The van der Waals surface area contributed by atoms with Crippen LogP contribution in [0.3, 0.4) is 0 Å². The smallest absolute Gasteiger partial charge is 0.404 e. The third kappa shape index (κ3) is 20.3. The summed E-state index contributed by atoms with van der Waals surface area (Å²) in [6, 6.07) is 9.90. The number of amides is 2. The molecule has 5 N–H and O–H groups in total. The maximum Gasteiger partial charge on any atom is 0.404 e.